The predicted molar refractivity (Wildman–Crippen MR) is 116 cm³/mol. The summed E-state index contributed by atoms with van der Waals surface area (Å²) in [6.07, 6.45) is 4.54. The number of benzene rings is 2. The lowest BCUT2D eigenvalue weighted by Crippen LogP contribution is -2.30. The van der Waals surface area contributed by atoms with Crippen molar-refractivity contribution < 1.29 is 21.8 Å². The molecule has 0 bridgehead atoms. The summed E-state index contributed by atoms with van der Waals surface area (Å²) in [6.45, 7) is 4.41. The van der Waals surface area contributed by atoms with E-state index in [9.17, 15) is 17.6 Å². The number of carbonyl (C=O) groups is 1. The standard InChI is InChI=1S/C23H30FNO4S/c1-3-5-6-7-8-23(26)25(17-19-9-13-21(24)14-10-19)18-20-11-15-22(16-12-20)29-30(27,28)4-2/h9-16H,3-8,17-18H2,1-2H3. The van der Waals surface area contributed by atoms with Crippen molar-refractivity contribution in [3.05, 3.63) is 65.5 Å². The van der Waals surface area contributed by atoms with E-state index >= 15 is 0 Å². The number of hydrogen-bond acceptors (Lipinski definition) is 4. The van der Waals surface area contributed by atoms with Crippen LogP contribution in [0, 0.1) is 5.82 Å². The maximum Gasteiger partial charge on any atom is 0.308 e. The van der Waals surface area contributed by atoms with Crippen molar-refractivity contribution in [1.82, 2.24) is 4.90 Å². The quantitative estimate of drug-likeness (QED) is 0.346. The molecule has 2 rings (SSSR count). The molecular weight excluding hydrogens is 405 g/mol. The Morgan fingerprint density at radius 3 is 2.00 bits per heavy atom. The lowest BCUT2D eigenvalue weighted by atomic mass is 10.1. The predicted octanol–water partition coefficient (Wildman–Crippen LogP) is 5.05. The summed E-state index contributed by atoms with van der Waals surface area (Å²) in [5, 5.41) is 0. The summed E-state index contributed by atoms with van der Waals surface area (Å²) in [7, 11) is -3.58. The molecule has 164 valence electrons. The number of amides is 1. The Hall–Kier alpha value is -2.41. The van der Waals surface area contributed by atoms with Gasteiger partial charge in [-0.1, -0.05) is 50.5 Å². The Morgan fingerprint density at radius 2 is 1.47 bits per heavy atom. The molecule has 0 unspecified atom stereocenters. The lowest BCUT2D eigenvalue weighted by Gasteiger charge is -2.23. The third-order valence-electron chi connectivity index (χ3n) is 4.76. The topological polar surface area (TPSA) is 63.7 Å². The number of halogens is 1. The molecule has 2 aromatic carbocycles. The molecule has 0 aliphatic carbocycles. The minimum atomic E-state index is -3.58. The maximum atomic E-state index is 13.2. The van der Waals surface area contributed by atoms with Crippen LogP contribution in [0.15, 0.2) is 48.5 Å². The Morgan fingerprint density at radius 1 is 0.900 bits per heavy atom. The fraction of sp³-hybridized carbons (Fsp3) is 0.435. The van der Waals surface area contributed by atoms with E-state index in [4.69, 9.17) is 4.18 Å². The van der Waals surface area contributed by atoms with Gasteiger partial charge in [0.15, 0.2) is 0 Å². The van der Waals surface area contributed by atoms with Gasteiger partial charge in [0, 0.05) is 19.5 Å². The van der Waals surface area contributed by atoms with Crippen LogP contribution in [-0.4, -0.2) is 25.0 Å². The SMILES string of the molecule is CCCCCCC(=O)N(Cc1ccc(F)cc1)Cc1ccc(OS(=O)(=O)CC)cc1. The molecule has 0 N–H and O–H groups in total. The number of rotatable bonds is 12. The van der Waals surface area contributed by atoms with E-state index in [1.54, 1.807) is 41.3 Å². The van der Waals surface area contributed by atoms with Gasteiger partial charge in [-0.15, -0.1) is 0 Å². The van der Waals surface area contributed by atoms with Crippen molar-refractivity contribution in [2.24, 2.45) is 0 Å². The highest BCUT2D eigenvalue weighted by Crippen LogP contribution is 2.18. The van der Waals surface area contributed by atoms with Crippen LogP contribution in [0.3, 0.4) is 0 Å². The van der Waals surface area contributed by atoms with Gasteiger partial charge in [-0.2, -0.15) is 8.42 Å². The van der Waals surface area contributed by atoms with Gasteiger partial charge in [0.2, 0.25) is 5.91 Å². The summed E-state index contributed by atoms with van der Waals surface area (Å²) < 4.78 is 41.4. The van der Waals surface area contributed by atoms with Crippen LogP contribution in [-0.2, 0) is 28.0 Å². The number of hydrogen-bond donors (Lipinski definition) is 0. The van der Waals surface area contributed by atoms with Gasteiger partial charge in [0.05, 0.1) is 5.75 Å². The molecule has 0 radical (unpaired) electrons. The van der Waals surface area contributed by atoms with Crippen LogP contribution >= 0.6 is 0 Å². The molecule has 0 saturated heterocycles. The Balaban J connectivity index is 2.09. The first-order valence-electron chi connectivity index (χ1n) is 10.4. The molecule has 0 spiro atoms. The van der Waals surface area contributed by atoms with E-state index < -0.39 is 10.1 Å². The first-order valence-corrected chi connectivity index (χ1v) is 11.9. The van der Waals surface area contributed by atoms with E-state index in [1.165, 1.54) is 19.1 Å². The van der Waals surface area contributed by atoms with E-state index in [2.05, 4.69) is 6.92 Å². The molecule has 5 nitrogen and oxygen atoms in total. The van der Waals surface area contributed by atoms with Crippen molar-refractivity contribution >= 4 is 16.0 Å². The summed E-state index contributed by atoms with van der Waals surface area (Å²) in [6, 6.07) is 12.8. The van der Waals surface area contributed by atoms with Crippen molar-refractivity contribution in [3.8, 4) is 5.75 Å². The fourth-order valence-corrected chi connectivity index (χ4v) is 3.50. The molecule has 30 heavy (non-hydrogen) atoms. The largest absolute Gasteiger partial charge is 0.382 e. The molecule has 0 aliphatic rings. The summed E-state index contributed by atoms with van der Waals surface area (Å²) >= 11 is 0. The first kappa shape index (κ1) is 23.9. The zero-order valence-corrected chi connectivity index (χ0v) is 18.5. The lowest BCUT2D eigenvalue weighted by molar-refractivity contribution is -0.132. The van der Waals surface area contributed by atoms with Crippen LogP contribution in [0.5, 0.6) is 5.75 Å². The molecule has 7 heteroatoms. The molecule has 0 aliphatic heterocycles. The van der Waals surface area contributed by atoms with Crippen LogP contribution in [0.4, 0.5) is 4.39 Å². The van der Waals surface area contributed by atoms with Gasteiger partial charge in [0.1, 0.15) is 11.6 Å². The molecule has 2 aromatic rings. The van der Waals surface area contributed by atoms with E-state index in [0.717, 1.165) is 36.8 Å². The average molecular weight is 436 g/mol. The second-order valence-corrected chi connectivity index (χ2v) is 9.12. The van der Waals surface area contributed by atoms with Crippen LogP contribution in [0.2, 0.25) is 0 Å². The van der Waals surface area contributed by atoms with Gasteiger partial charge in [-0.05, 0) is 48.7 Å². The van der Waals surface area contributed by atoms with Crippen molar-refractivity contribution in [2.75, 3.05) is 5.75 Å². The third-order valence-corrected chi connectivity index (χ3v) is 5.91. The monoisotopic (exact) mass is 435 g/mol. The van der Waals surface area contributed by atoms with Gasteiger partial charge in [0.25, 0.3) is 0 Å². The molecule has 1 amide bonds. The molecule has 0 atom stereocenters. The molecule has 0 saturated carbocycles. The molecule has 0 aromatic heterocycles. The highest BCUT2D eigenvalue weighted by molar-refractivity contribution is 7.87. The average Bonchev–Trinajstić information content (AvgIpc) is 2.73. The van der Waals surface area contributed by atoms with Crippen molar-refractivity contribution in [3.63, 3.8) is 0 Å². The van der Waals surface area contributed by atoms with E-state index in [-0.39, 0.29) is 23.2 Å². The van der Waals surface area contributed by atoms with E-state index in [1.807, 2.05) is 0 Å². The van der Waals surface area contributed by atoms with Crippen molar-refractivity contribution in [1.29, 1.82) is 0 Å². The molecule has 0 heterocycles. The van der Waals surface area contributed by atoms with Gasteiger partial charge >= 0.3 is 10.1 Å². The third kappa shape index (κ3) is 8.14. The van der Waals surface area contributed by atoms with Crippen LogP contribution < -0.4 is 4.18 Å². The van der Waals surface area contributed by atoms with Crippen molar-refractivity contribution in [2.45, 2.75) is 59.0 Å². The summed E-state index contributed by atoms with van der Waals surface area (Å²) in [5.74, 6) is -0.123. The van der Waals surface area contributed by atoms with Crippen LogP contribution in [0.25, 0.3) is 0 Å². The number of unbranched alkanes of at least 4 members (excludes halogenated alkanes) is 3. The van der Waals surface area contributed by atoms with Gasteiger partial charge in [-0.3, -0.25) is 4.79 Å². The maximum absolute atomic E-state index is 13.2. The zero-order chi connectivity index (χ0) is 22.0. The number of carbonyl (C=O) groups excluding carboxylic acids is 1. The highest BCUT2D eigenvalue weighted by Gasteiger charge is 2.15. The minimum absolute atomic E-state index is 0.0457. The van der Waals surface area contributed by atoms with Gasteiger partial charge < -0.3 is 9.08 Å². The summed E-state index contributed by atoms with van der Waals surface area (Å²) in [5.41, 5.74) is 1.72. The zero-order valence-electron chi connectivity index (χ0n) is 17.6. The first-order chi connectivity index (χ1) is 14.3. The second kappa shape index (κ2) is 11.7. The molecule has 0 fully saturated rings. The normalized spacial score (nSPS) is 11.3. The highest BCUT2D eigenvalue weighted by atomic mass is 32.2. The summed E-state index contributed by atoms with van der Waals surface area (Å²) in [4.78, 5) is 14.6. The van der Waals surface area contributed by atoms with E-state index in [0.29, 0.717) is 19.5 Å². The second-order valence-electron chi connectivity index (χ2n) is 7.26. The van der Waals surface area contributed by atoms with Gasteiger partial charge in [-0.25, -0.2) is 4.39 Å². The van der Waals surface area contributed by atoms with Crippen LogP contribution in [0.1, 0.15) is 57.1 Å². The molecular formula is C23H30FNO4S. The smallest absolute Gasteiger partial charge is 0.308 e. The minimum Gasteiger partial charge on any atom is -0.382 e. The Labute approximate surface area is 179 Å². The number of nitrogens with zero attached hydrogens (tertiary/aromatic N) is 1. The Bertz CT molecular complexity index is 896. The fourth-order valence-electron chi connectivity index (χ4n) is 2.98. The Kier molecular flexibility index (Phi) is 9.30.